The Bertz CT molecular complexity index is 1760. The molecule has 7 heteroatoms. The number of carbonyl (C=O) groups excluding carboxylic acids is 1. The van der Waals surface area contributed by atoms with Crippen molar-refractivity contribution in [2.24, 2.45) is 9.98 Å². The number of hydrogen-bond acceptors (Lipinski definition) is 4. The van der Waals surface area contributed by atoms with Crippen LogP contribution < -0.4 is 21.8 Å². The van der Waals surface area contributed by atoms with E-state index in [9.17, 15) is 4.79 Å². The first kappa shape index (κ1) is 26.7. The van der Waals surface area contributed by atoms with E-state index in [0.717, 1.165) is 53.2 Å². The van der Waals surface area contributed by atoms with Crippen molar-refractivity contribution < 1.29 is 4.79 Å². The largest absolute Gasteiger partial charge is 0.398 e. The van der Waals surface area contributed by atoms with Crippen molar-refractivity contribution in [2.75, 3.05) is 11.1 Å². The zero-order valence-corrected chi connectivity index (χ0v) is 22.9. The van der Waals surface area contributed by atoms with E-state index in [1.165, 1.54) is 0 Å². The number of carbonyl (C=O) groups is 1. The zero-order chi connectivity index (χ0) is 27.9. The van der Waals surface area contributed by atoms with Gasteiger partial charge in [-0.2, -0.15) is 0 Å². The lowest BCUT2D eigenvalue weighted by Gasteiger charge is -2.10. The Labute approximate surface area is 234 Å². The molecule has 0 aliphatic rings. The first-order chi connectivity index (χ1) is 19.5. The topological polar surface area (TPSA) is 89.7 Å². The molecule has 5 rings (SSSR count). The Morgan fingerprint density at radius 2 is 1.52 bits per heavy atom. The molecule has 0 radical (unpaired) electrons. The maximum absolute atomic E-state index is 13.0. The van der Waals surface area contributed by atoms with Crippen molar-refractivity contribution >= 4 is 39.6 Å². The summed E-state index contributed by atoms with van der Waals surface area (Å²) in [7, 11) is 0. The van der Waals surface area contributed by atoms with Crippen LogP contribution in [0.1, 0.15) is 37.0 Å². The number of hydrogen-bond donors (Lipinski definition) is 2. The highest BCUT2D eigenvalue weighted by atomic mass is 16.1. The highest BCUT2D eigenvalue weighted by Crippen LogP contribution is 2.23. The van der Waals surface area contributed by atoms with Crippen molar-refractivity contribution in [3.63, 3.8) is 0 Å². The molecule has 5 aromatic rings. The number of aromatic nitrogens is 2. The number of nitrogens with two attached hydrogens (primary N) is 1. The summed E-state index contributed by atoms with van der Waals surface area (Å²) >= 11 is 0. The van der Waals surface area contributed by atoms with Crippen molar-refractivity contribution in [3.8, 4) is 0 Å². The minimum atomic E-state index is -0.275. The Morgan fingerprint density at radius 1 is 0.800 bits per heavy atom. The number of para-hydroxylation sites is 1. The molecule has 40 heavy (non-hydrogen) atoms. The molecule has 1 amide bonds. The van der Waals surface area contributed by atoms with Gasteiger partial charge >= 0.3 is 0 Å². The molecule has 3 aromatic carbocycles. The van der Waals surface area contributed by atoms with Gasteiger partial charge in [0.2, 0.25) is 0 Å². The molecule has 2 aromatic heterocycles. The molecule has 0 atom stereocenters. The molecule has 0 fully saturated rings. The van der Waals surface area contributed by atoms with Gasteiger partial charge in [-0.3, -0.25) is 4.79 Å². The number of aryl methyl sites for hydroxylation is 2. The number of benzene rings is 3. The van der Waals surface area contributed by atoms with Crippen LogP contribution in [0.4, 0.5) is 22.7 Å². The molecule has 0 bridgehead atoms. The highest BCUT2D eigenvalue weighted by Gasteiger charge is 2.11. The molecule has 7 nitrogen and oxygen atoms in total. The number of fused-ring (bicyclic) bond motifs is 1. The molecule has 0 saturated carbocycles. The van der Waals surface area contributed by atoms with Gasteiger partial charge in [-0.05, 0) is 79.6 Å². The minimum absolute atomic E-state index is 0.275. The van der Waals surface area contributed by atoms with Gasteiger partial charge in [0, 0.05) is 48.4 Å². The average Bonchev–Trinajstić information content (AvgIpc) is 2.97. The van der Waals surface area contributed by atoms with E-state index in [0.29, 0.717) is 22.6 Å². The summed E-state index contributed by atoms with van der Waals surface area (Å²) in [5, 5.41) is 5.74. The smallest absolute Gasteiger partial charge is 0.257 e. The normalized spacial score (nSPS) is 11.5. The van der Waals surface area contributed by atoms with Crippen LogP contribution in [0.2, 0.25) is 0 Å². The van der Waals surface area contributed by atoms with Gasteiger partial charge in [-0.15, -0.1) is 0 Å². The average molecular weight is 531 g/mol. The summed E-state index contributed by atoms with van der Waals surface area (Å²) in [6.07, 6.45) is 8.27. The van der Waals surface area contributed by atoms with Crippen LogP contribution in [0.3, 0.4) is 0 Å². The van der Waals surface area contributed by atoms with Crippen LogP contribution in [0.5, 0.6) is 0 Å². The minimum Gasteiger partial charge on any atom is -0.398 e. The predicted octanol–water partition coefficient (Wildman–Crippen LogP) is 6.56. The third-order valence-corrected chi connectivity index (χ3v) is 6.63. The van der Waals surface area contributed by atoms with Crippen molar-refractivity contribution in [1.29, 1.82) is 0 Å². The molecule has 0 aliphatic heterocycles. The maximum Gasteiger partial charge on any atom is 0.257 e. The molecular formula is C33H34N6O. The summed E-state index contributed by atoms with van der Waals surface area (Å²) < 4.78 is 4.37. The van der Waals surface area contributed by atoms with Crippen molar-refractivity contribution in [3.05, 3.63) is 120 Å². The summed E-state index contributed by atoms with van der Waals surface area (Å²) in [4.78, 5) is 22.5. The van der Waals surface area contributed by atoms with E-state index >= 15 is 0 Å². The first-order valence-electron chi connectivity index (χ1n) is 13.7. The van der Waals surface area contributed by atoms with E-state index in [4.69, 9.17) is 10.7 Å². The summed E-state index contributed by atoms with van der Waals surface area (Å²) in [5.41, 5.74) is 10.4. The predicted molar refractivity (Wildman–Crippen MR) is 163 cm³/mol. The van der Waals surface area contributed by atoms with Gasteiger partial charge in [0.15, 0.2) is 0 Å². The van der Waals surface area contributed by atoms with Gasteiger partial charge in [0.25, 0.3) is 5.91 Å². The summed E-state index contributed by atoms with van der Waals surface area (Å²) in [5.74, 6) is -0.275. The molecule has 0 unspecified atom stereocenters. The molecule has 2 heterocycles. The van der Waals surface area contributed by atoms with E-state index in [-0.39, 0.29) is 5.91 Å². The van der Waals surface area contributed by atoms with Crippen LogP contribution in [-0.4, -0.2) is 15.0 Å². The van der Waals surface area contributed by atoms with Crippen molar-refractivity contribution in [1.82, 2.24) is 9.13 Å². The SMILES string of the molecule is CCCn1ccc(=Nc2ccc(NC(=O)c3ccc(N=c4ccn(CCC)c5ccccc45)cc3N)cc2)cc1. The Morgan fingerprint density at radius 3 is 2.25 bits per heavy atom. The quantitative estimate of drug-likeness (QED) is 0.222. The van der Waals surface area contributed by atoms with Gasteiger partial charge in [0.1, 0.15) is 0 Å². The number of amides is 1. The Hall–Kier alpha value is -4.91. The number of anilines is 2. The number of nitrogens with zero attached hydrogens (tertiary/aromatic N) is 4. The monoisotopic (exact) mass is 530 g/mol. The zero-order valence-electron chi connectivity index (χ0n) is 22.9. The van der Waals surface area contributed by atoms with Crippen LogP contribution >= 0.6 is 0 Å². The third-order valence-electron chi connectivity index (χ3n) is 6.63. The van der Waals surface area contributed by atoms with E-state index < -0.39 is 0 Å². The van der Waals surface area contributed by atoms with Crippen molar-refractivity contribution in [2.45, 2.75) is 39.8 Å². The highest BCUT2D eigenvalue weighted by molar-refractivity contribution is 6.08. The fourth-order valence-corrected chi connectivity index (χ4v) is 4.67. The molecule has 202 valence electrons. The second-order valence-corrected chi connectivity index (χ2v) is 9.70. The molecule has 0 aliphatic carbocycles. The second kappa shape index (κ2) is 12.3. The number of rotatable bonds is 8. The second-order valence-electron chi connectivity index (χ2n) is 9.70. The Kier molecular flexibility index (Phi) is 8.21. The molecule has 3 N–H and O–H groups in total. The fraction of sp³-hybridized carbons (Fsp3) is 0.182. The summed E-state index contributed by atoms with van der Waals surface area (Å²) in [6.45, 7) is 6.25. The number of pyridine rings is 2. The molecule has 0 saturated heterocycles. The van der Waals surface area contributed by atoms with E-state index in [2.05, 4.69) is 51.6 Å². The molecular weight excluding hydrogens is 496 g/mol. The first-order valence-corrected chi connectivity index (χ1v) is 13.7. The maximum atomic E-state index is 13.0. The number of nitrogen functional groups attached to an aromatic ring is 1. The third kappa shape index (κ3) is 6.21. The number of nitrogens with one attached hydrogen (secondary N) is 1. The van der Waals surface area contributed by atoms with Crippen LogP contribution in [0.15, 0.2) is 114 Å². The van der Waals surface area contributed by atoms with Gasteiger partial charge in [-0.25, -0.2) is 9.98 Å². The van der Waals surface area contributed by atoms with Crippen LogP contribution in [0.25, 0.3) is 10.9 Å². The van der Waals surface area contributed by atoms with Gasteiger partial charge < -0.3 is 20.2 Å². The van der Waals surface area contributed by atoms with Gasteiger partial charge in [-0.1, -0.05) is 32.0 Å². The van der Waals surface area contributed by atoms with E-state index in [1.807, 2.05) is 73.1 Å². The van der Waals surface area contributed by atoms with E-state index in [1.54, 1.807) is 12.1 Å². The fourth-order valence-electron chi connectivity index (χ4n) is 4.67. The lowest BCUT2D eigenvalue weighted by Crippen LogP contribution is -2.14. The lowest BCUT2D eigenvalue weighted by atomic mass is 10.1. The van der Waals surface area contributed by atoms with Crippen LogP contribution in [0, 0.1) is 0 Å². The van der Waals surface area contributed by atoms with Crippen LogP contribution in [-0.2, 0) is 13.1 Å². The summed E-state index contributed by atoms with van der Waals surface area (Å²) in [6, 6.07) is 26.9. The van der Waals surface area contributed by atoms with Gasteiger partial charge in [0.05, 0.1) is 33.2 Å². The Balaban J connectivity index is 1.32. The molecule has 0 spiro atoms. The standard InChI is InChI=1S/C33H34N6O/c1-3-18-38-20-15-26(16-21-38)35-24-9-11-25(12-10-24)37-33(40)28-14-13-27(23-30(28)34)36-31-17-22-39(19-4-2)32-8-6-5-7-29(31)32/h5-17,20-23H,3-4,18-19,34H2,1-2H3,(H,37,40). The lowest BCUT2D eigenvalue weighted by molar-refractivity contribution is 0.102.